The maximum Gasteiger partial charge on any atom is 0.124 e. The minimum absolute atomic E-state index is 0.331. The van der Waals surface area contributed by atoms with Gasteiger partial charge in [0.1, 0.15) is 12.4 Å². The van der Waals surface area contributed by atoms with Gasteiger partial charge in [-0.1, -0.05) is 52.3 Å². The third kappa shape index (κ3) is 3.20. The summed E-state index contributed by atoms with van der Waals surface area (Å²) in [5, 5.41) is 2.60. The lowest BCUT2D eigenvalue weighted by Gasteiger charge is -2.57. The highest BCUT2D eigenvalue weighted by Gasteiger charge is 2.52. The first-order valence-electron chi connectivity index (χ1n) is 11.1. The monoisotopic (exact) mass is 446 g/mol. The molecular weight excluding hydrogens is 420 g/mol. The molecule has 3 aromatic carbocycles. The molecule has 4 bridgehead atoms. The molecule has 3 aromatic rings. The minimum atomic E-state index is 0.331. The van der Waals surface area contributed by atoms with Crippen LogP contribution in [0.1, 0.15) is 49.7 Å². The van der Waals surface area contributed by atoms with Gasteiger partial charge in [-0.05, 0) is 102 Å². The average Bonchev–Trinajstić information content (AvgIpc) is 2.71. The molecule has 0 aliphatic heterocycles. The molecule has 29 heavy (non-hydrogen) atoms. The van der Waals surface area contributed by atoms with Gasteiger partial charge in [0.15, 0.2) is 0 Å². The van der Waals surface area contributed by atoms with Gasteiger partial charge in [-0.15, -0.1) is 0 Å². The molecule has 4 fully saturated rings. The Morgan fingerprint density at radius 2 is 1.48 bits per heavy atom. The smallest absolute Gasteiger partial charge is 0.124 e. The Morgan fingerprint density at radius 1 is 0.793 bits per heavy atom. The van der Waals surface area contributed by atoms with E-state index >= 15 is 0 Å². The molecule has 148 valence electrons. The second-order valence-corrected chi connectivity index (χ2v) is 10.7. The molecule has 0 atom stereocenters. The van der Waals surface area contributed by atoms with Gasteiger partial charge in [0.2, 0.25) is 0 Å². The van der Waals surface area contributed by atoms with E-state index in [0.717, 1.165) is 28.0 Å². The van der Waals surface area contributed by atoms with E-state index in [1.165, 1.54) is 60.4 Å². The minimum Gasteiger partial charge on any atom is -0.489 e. The zero-order valence-electron chi connectivity index (χ0n) is 16.7. The van der Waals surface area contributed by atoms with Crippen molar-refractivity contribution in [2.45, 2.75) is 50.5 Å². The van der Waals surface area contributed by atoms with Gasteiger partial charge in [-0.3, -0.25) is 0 Å². The molecule has 0 heterocycles. The molecule has 0 radical (unpaired) electrons. The third-order valence-electron chi connectivity index (χ3n) is 7.75. The normalized spacial score (nSPS) is 30.0. The van der Waals surface area contributed by atoms with Crippen LogP contribution >= 0.6 is 15.9 Å². The summed E-state index contributed by atoms with van der Waals surface area (Å²) in [5.41, 5.74) is 3.05. The number of halogens is 1. The van der Waals surface area contributed by atoms with E-state index in [9.17, 15) is 0 Å². The first-order valence-corrected chi connectivity index (χ1v) is 11.9. The highest BCUT2D eigenvalue weighted by Crippen LogP contribution is 2.62. The van der Waals surface area contributed by atoms with E-state index in [1.807, 2.05) is 0 Å². The van der Waals surface area contributed by atoms with Crippen molar-refractivity contribution in [3.05, 3.63) is 76.3 Å². The Bertz CT molecular complexity index is 1020. The Kier molecular flexibility index (Phi) is 4.27. The quantitative estimate of drug-likeness (QED) is 0.399. The van der Waals surface area contributed by atoms with Crippen molar-refractivity contribution in [3.63, 3.8) is 0 Å². The third-order valence-corrected chi connectivity index (χ3v) is 8.24. The fourth-order valence-corrected chi connectivity index (χ4v) is 7.34. The fraction of sp³-hybridized carbons (Fsp3) is 0.407. The largest absolute Gasteiger partial charge is 0.489 e. The lowest BCUT2D eigenvalue weighted by molar-refractivity contribution is -0.00640. The van der Waals surface area contributed by atoms with Gasteiger partial charge in [0.05, 0.1) is 0 Å². The van der Waals surface area contributed by atoms with Crippen LogP contribution in [0.25, 0.3) is 10.8 Å². The molecule has 0 amide bonds. The van der Waals surface area contributed by atoms with Gasteiger partial charge in [0.25, 0.3) is 0 Å². The molecule has 2 heteroatoms. The van der Waals surface area contributed by atoms with E-state index < -0.39 is 0 Å². The molecule has 4 aliphatic rings. The zero-order chi connectivity index (χ0) is 19.4. The number of hydrogen-bond donors (Lipinski definition) is 0. The van der Waals surface area contributed by atoms with E-state index in [2.05, 4.69) is 76.6 Å². The van der Waals surface area contributed by atoms with Crippen molar-refractivity contribution < 1.29 is 4.74 Å². The summed E-state index contributed by atoms with van der Waals surface area (Å²) in [7, 11) is 0. The van der Waals surface area contributed by atoms with Gasteiger partial charge in [-0.2, -0.15) is 0 Å². The number of rotatable bonds is 4. The van der Waals surface area contributed by atoms with Crippen molar-refractivity contribution in [1.29, 1.82) is 0 Å². The summed E-state index contributed by atoms with van der Waals surface area (Å²) >= 11 is 3.67. The molecule has 0 spiro atoms. The maximum absolute atomic E-state index is 6.54. The summed E-state index contributed by atoms with van der Waals surface area (Å²) in [4.78, 5) is 0. The summed E-state index contributed by atoms with van der Waals surface area (Å²) in [5.74, 6) is 3.91. The number of benzene rings is 3. The van der Waals surface area contributed by atoms with Crippen LogP contribution in [0.2, 0.25) is 0 Å². The van der Waals surface area contributed by atoms with Crippen molar-refractivity contribution in [3.8, 4) is 5.75 Å². The Morgan fingerprint density at radius 3 is 2.17 bits per heavy atom. The molecular formula is C27H27BrO. The predicted molar refractivity (Wildman–Crippen MR) is 122 cm³/mol. The Labute approximate surface area is 181 Å². The molecule has 4 aliphatic carbocycles. The topological polar surface area (TPSA) is 9.23 Å². The highest BCUT2D eigenvalue weighted by atomic mass is 79.9. The molecule has 0 N–H and O–H groups in total. The van der Waals surface area contributed by atoms with Gasteiger partial charge < -0.3 is 4.74 Å². The first kappa shape index (κ1) is 18.0. The SMILES string of the molecule is Brc1ccc2cc(OCc3ccccc3)c(C34CC5CC(CC(C5)C3)C4)cc2c1. The van der Waals surface area contributed by atoms with Gasteiger partial charge in [-0.25, -0.2) is 0 Å². The van der Waals surface area contributed by atoms with E-state index in [0.29, 0.717) is 12.0 Å². The Hall–Kier alpha value is -1.80. The zero-order valence-corrected chi connectivity index (χ0v) is 18.3. The van der Waals surface area contributed by atoms with Crippen molar-refractivity contribution in [2.75, 3.05) is 0 Å². The summed E-state index contributed by atoms with van der Waals surface area (Å²) in [6, 6.07) is 21.9. The number of hydrogen-bond acceptors (Lipinski definition) is 1. The maximum atomic E-state index is 6.54. The van der Waals surface area contributed by atoms with Crippen LogP contribution in [-0.4, -0.2) is 0 Å². The van der Waals surface area contributed by atoms with Crippen LogP contribution in [-0.2, 0) is 12.0 Å². The number of ether oxygens (including phenoxy) is 1. The lowest BCUT2D eigenvalue weighted by Crippen LogP contribution is -2.48. The molecule has 0 saturated heterocycles. The summed E-state index contributed by atoms with van der Waals surface area (Å²) in [6.07, 6.45) is 8.50. The van der Waals surface area contributed by atoms with Crippen LogP contribution in [0.5, 0.6) is 5.75 Å². The lowest BCUT2D eigenvalue weighted by atomic mass is 9.48. The van der Waals surface area contributed by atoms with E-state index in [1.54, 1.807) is 0 Å². The molecule has 7 rings (SSSR count). The predicted octanol–water partition coefficient (Wildman–Crippen LogP) is 7.65. The molecule has 0 aromatic heterocycles. The van der Waals surface area contributed by atoms with E-state index in [-0.39, 0.29) is 0 Å². The number of fused-ring (bicyclic) bond motifs is 1. The van der Waals surface area contributed by atoms with Crippen molar-refractivity contribution >= 4 is 26.7 Å². The first-order chi connectivity index (χ1) is 14.2. The fourth-order valence-electron chi connectivity index (χ4n) is 6.96. The van der Waals surface area contributed by atoms with Crippen molar-refractivity contribution in [2.24, 2.45) is 17.8 Å². The van der Waals surface area contributed by atoms with Crippen LogP contribution in [0.15, 0.2) is 65.1 Å². The van der Waals surface area contributed by atoms with Gasteiger partial charge in [0, 0.05) is 10.0 Å². The van der Waals surface area contributed by atoms with E-state index in [4.69, 9.17) is 4.74 Å². The second-order valence-electron chi connectivity index (χ2n) is 9.81. The summed E-state index contributed by atoms with van der Waals surface area (Å²) < 4.78 is 7.69. The molecule has 0 unspecified atom stereocenters. The van der Waals surface area contributed by atoms with Crippen LogP contribution in [0.3, 0.4) is 0 Å². The summed E-state index contributed by atoms with van der Waals surface area (Å²) in [6.45, 7) is 0.641. The van der Waals surface area contributed by atoms with Crippen LogP contribution in [0, 0.1) is 17.8 Å². The van der Waals surface area contributed by atoms with Crippen LogP contribution < -0.4 is 4.74 Å². The molecule has 4 saturated carbocycles. The average molecular weight is 447 g/mol. The molecule has 1 nitrogen and oxygen atoms in total. The Balaban J connectivity index is 1.45. The highest BCUT2D eigenvalue weighted by molar-refractivity contribution is 9.10. The van der Waals surface area contributed by atoms with Crippen LogP contribution in [0.4, 0.5) is 0 Å². The second kappa shape index (κ2) is 6.87. The van der Waals surface area contributed by atoms with Gasteiger partial charge >= 0.3 is 0 Å². The van der Waals surface area contributed by atoms with Crippen molar-refractivity contribution in [1.82, 2.24) is 0 Å². The standard InChI is InChI=1S/C27H27BrO/c28-24-7-6-22-13-26(29-17-18-4-2-1-3-5-18)25(12-23(22)11-24)27-14-19-8-20(15-27)10-21(9-19)16-27/h1-7,11-13,19-21H,8-10,14-17H2.